The summed E-state index contributed by atoms with van der Waals surface area (Å²) in [7, 11) is 0. The number of hydrogen-bond acceptors (Lipinski definition) is 3. The van der Waals surface area contributed by atoms with Crippen molar-refractivity contribution in [1.29, 1.82) is 0 Å². The summed E-state index contributed by atoms with van der Waals surface area (Å²) < 4.78 is 1.20. The zero-order valence-corrected chi connectivity index (χ0v) is 9.71. The standard InChI is InChI=1S/C13H9NO2S/c15-12-7-9(13(16)14-12)6-10-5-8-3-1-2-4-11(8)17-10/h1-5,7H,6H2,(H,14,15,16). The molecule has 84 valence electrons. The molecule has 0 atom stereocenters. The largest absolute Gasteiger partial charge is 0.289 e. The van der Waals surface area contributed by atoms with Crippen molar-refractivity contribution in [2.24, 2.45) is 0 Å². The molecule has 17 heavy (non-hydrogen) atoms. The molecular formula is C13H9NO2S. The highest BCUT2D eigenvalue weighted by Gasteiger charge is 2.21. The van der Waals surface area contributed by atoms with E-state index in [1.54, 1.807) is 11.3 Å². The van der Waals surface area contributed by atoms with E-state index in [1.165, 1.54) is 16.2 Å². The van der Waals surface area contributed by atoms with Crippen LogP contribution in [0.3, 0.4) is 0 Å². The summed E-state index contributed by atoms with van der Waals surface area (Å²) in [6.07, 6.45) is 1.91. The third kappa shape index (κ3) is 1.87. The van der Waals surface area contributed by atoms with Crippen molar-refractivity contribution in [3.8, 4) is 0 Å². The molecule has 0 saturated carbocycles. The minimum atomic E-state index is -0.314. The molecule has 1 N–H and O–H groups in total. The maximum atomic E-state index is 11.4. The summed E-state index contributed by atoms with van der Waals surface area (Å²) in [6.45, 7) is 0. The van der Waals surface area contributed by atoms with Crippen molar-refractivity contribution in [2.75, 3.05) is 0 Å². The first-order valence-electron chi connectivity index (χ1n) is 5.26. The van der Waals surface area contributed by atoms with E-state index in [1.807, 2.05) is 18.2 Å². The van der Waals surface area contributed by atoms with Crippen molar-refractivity contribution in [1.82, 2.24) is 5.32 Å². The number of carbonyl (C=O) groups excluding carboxylic acids is 2. The van der Waals surface area contributed by atoms with Crippen LogP contribution in [0.1, 0.15) is 4.88 Å². The van der Waals surface area contributed by atoms with E-state index in [-0.39, 0.29) is 11.8 Å². The van der Waals surface area contributed by atoms with Crippen LogP contribution in [0.15, 0.2) is 42.0 Å². The molecule has 2 aromatic rings. The van der Waals surface area contributed by atoms with E-state index in [0.717, 1.165) is 4.88 Å². The second-order valence-electron chi connectivity index (χ2n) is 3.92. The highest BCUT2D eigenvalue weighted by Crippen LogP contribution is 2.27. The molecule has 1 aliphatic rings. The number of thiophene rings is 1. The van der Waals surface area contributed by atoms with E-state index in [0.29, 0.717) is 12.0 Å². The number of benzene rings is 1. The molecule has 0 radical (unpaired) electrons. The topological polar surface area (TPSA) is 46.2 Å². The first-order valence-corrected chi connectivity index (χ1v) is 6.07. The fraction of sp³-hybridized carbons (Fsp3) is 0.0769. The van der Waals surface area contributed by atoms with Crippen LogP contribution < -0.4 is 5.32 Å². The van der Waals surface area contributed by atoms with Crippen LogP contribution in [0.25, 0.3) is 10.1 Å². The van der Waals surface area contributed by atoms with Crippen molar-refractivity contribution in [3.05, 3.63) is 46.9 Å². The van der Waals surface area contributed by atoms with Crippen LogP contribution in [-0.4, -0.2) is 11.8 Å². The van der Waals surface area contributed by atoms with Gasteiger partial charge in [-0.25, -0.2) is 0 Å². The van der Waals surface area contributed by atoms with Crippen LogP contribution in [-0.2, 0) is 16.0 Å². The highest BCUT2D eigenvalue weighted by atomic mass is 32.1. The molecular weight excluding hydrogens is 234 g/mol. The quantitative estimate of drug-likeness (QED) is 0.820. The van der Waals surface area contributed by atoms with Gasteiger partial charge < -0.3 is 0 Å². The number of imide groups is 1. The summed E-state index contributed by atoms with van der Waals surface area (Å²) in [5.41, 5.74) is 0.543. The third-order valence-electron chi connectivity index (χ3n) is 2.67. The maximum absolute atomic E-state index is 11.4. The predicted molar refractivity (Wildman–Crippen MR) is 66.8 cm³/mol. The molecule has 0 fully saturated rings. The second kappa shape index (κ2) is 3.82. The second-order valence-corrected chi connectivity index (χ2v) is 5.08. The van der Waals surface area contributed by atoms with Gasteiger partial charge in [-0.2, -0.15) is 0 Å². The van der Waals surface area contributed by atoms with Crippen molar-refractivity contribution in [3.63, 3.8) is 0 Å². The van der Waals surface area contributed by atoms with Gasteiger partial charge in [0.1, 0.15) is 0 Å². The van der Waals surface area contributed by atoms with E-state index in [2.05, 4.69) is 17.4 Å². The molecule has 0 bridgehead atoms. The van der Waals surface area contributed by atoms with Crippen LogP contribution in [0.4, 0.5) is 0 Å². The Hall–Kier alpha value is -1.94. The van der Waals surface area contributed by atoms with Gasteiger partial charge >= 0.3 is 0 Å². The van der Waals surface area contributed by atoms with Gasteiger partial charge in [0.05, 0.1) is 0 Å². The molecule has 0 unspecified atom stereocenters. The minimum Gasteiger partial charge on any atom is -0.289 e. The maximum Gasteiger partial charge on any atom is 0.254 e. The van der Waals surface area contributed by atoms with Crippen molar-refractivity contribution >= 4 is 33.2 Å². The van der Waals surface area contributed by atoms with E-state index < -0.39 is 0 Å². The molecule has 4 heteroatoms. The number of fused-ring (bicyclic) bond motifs is 1. The predicted octanol–water partition coefficient (Wildman–Crippen LogP) is 2.03. The number of rotatable bonds is 2. The molecule has 1 aliphatic heterocycles. The lowest BCUT2D eigenvalue weighted by Crippen LogP contribution is -2.22. The smallest absolute Gasteiger partial charge is 0.254 e. The number of hydrogen-bond donors (Lipinski definition) is 1. The molecule has 3 rings (SSSR count). The molecule has 2 amide bonds. The lowest BCUT2D eigenvalue weighted by Gasteiger charge is -1.95. The Morgan fingerprint density at radius 3 is 2.71 bits per heavy atom. The summed E-state index contributed by atoms with van der Waals surface area (Å²) in [5.74, 6) is -0.585. The van der Waals surface area contributed by atoms with Gasteiger partial charge in [-0.1, -0.05) is 18.2 Å². The molecule has 1 aromatic carbocycles. The Morgan fingerprint density at radius 2 is 2.00 bits per heavy atom. The van der Waals surface area contributed by atoms with Crippen molar-refractivity contribution < 1.29 is 9.59 Å². The van der Waals surface area contributed by atoms with Gasteiger partial charge in [0.15, 0.2) is 0 Å². The monoisotopic (exact) mass is 243 g/mol. The lowest BCUT2D eigenvalue weighted by atomic mass is 10.1. The fourth-order valence-electron chi connectivity index (χ4n) is 1.90. The molecule has 1 aromatic heterocycles. The average molecular weight is 243 g/mol. The Kier molecular flexibility index (Phi) is 2.30. The molecule has 0 saturated heterocycles. The van der Waals surface area contributed by atoms with Gasteiger partial charge in [-0.3, -0.25) is 14.9 Å². The third-order valence-corrected chi connectivity index (χ3v) is 3.79. The Bertz CT molecular complexity index is 621. The van der Waals surface area contributed by atoms with Crippen LogP contribution in [0, 0.1) is 0 Å². The van der Waals surface area contributed by atoms with Gasteiger partial charge in [0.25, 0.3) is 11.8 Å². The highest BCUT2D eigenvalue weighted by molar-refractivity contribution is 7.19. The summed E-state index contributed by atoms with van der Waals surface area (Å²) >= 11 is 1.66. The van der Waals surface area contributed by atoms with Crippen molar-refractivity contribution in [2.45, 2.75) is 6.42 Å². The van der Waals surface area contributed by atoms with Crippen LogP contribution >= 0.6 is 11.3 Å². The minimum absolute atomic E-state index is 0.271. The van der Waals surface area contributed by atoms with Gasteiger partial charge in [-0.05, 0) is 17.5 Å². The Balaban J connectivity index is 1.93. The molecule has 3 nitrogen and oxygen atoms in total. The summed E-state index contributed by atoms with van der Waals surface area (Å²) in [5, 5.41) is 3.43. The van der Waals surface area contributed by atoms with Gasteiger partial charge in [0, 0.05) is 27.6 Å². The first kappa shape index (κ1) is 10.2. The first-order chi connectivity index (χ1) is 8.22. The van der Waals surface area contributed by atoms with Gasteiger partial charge in [-0.15, -0.1) is 11.3 Å². The van der Waals surface area contributed by atoms with E-state index >= 15 is 0 Å². The number of amides is 2. The van der Waals surface area contributed by atoms with E-state index in [9.17, 15) is 9.59 Å². The zero-order chi connectivity index (χ0) is 11.8. The SMILES string of the molecule is O=C1C=C(Cc2cc3ccccc3s2)C(=O)N1. The molecule has 0 spiro atoms. The normalized spacial score (nSPS) is 15.2. The van der Waals surface area contributed by atoms with Crippen LogP contribution in [0.5, 0.6) is 0 Å². The fourth-order valence-corrected chi connectivity index (χ4v) is 2.98. The van der Waals surface area contributed by atoms with Gasteiger partial charge in [0.2, 0.25) is 0 Å². The summed E-state index contributed by atoms with van der Waals surface area (Å²) in [4.78, 5) is 23.5. The Morgan fingerprint density at radius 1 is 1.18 bits per heavy atom. The lowest BCUT2D eigenvalue weighted by molar-refractivity contribution is -0.123. The summed E-state index contributed by atoms with van der Waals surface area (Å²) in [6, 6.07) is 10.1. The number of carbonyl (C=O) groups is 2. The van der Waals surface area contributed by atoms with E-state index in [4.69, 9.17) is 0 Å². The Labute approximate surface area is 102 Å². The molecule has 0 aliphatic carbocycles. The molecule has 2 heterocycles. The van der Waals surface area contributed by atoms with Crippen LogP contribution in [0.2, 0.25) is 0 Å². The number of nitrogens with one attached hydrogen (secondary N) is 1. The average Bonchev–Trinajstić information content (AvgIpc) is 2.82. The zero-order valence-electron chi connectivity index (χ0n) is 8.90.